The molecule has 3 atom stereocenters. The first kappa shape index (κ1) is 27.3. The van der Waals surface area contributed by atoms with E-state index in [-0.39, 0.29) is 12.3 Å². The zero-order valence-electron chi connectivity index (χ0n) is 21.9. The van der Waals surface area contributed by atoms with Gasteiger partial charge in [-0.3, -0.25) is 4.90 Å². The average molecular weight is 556 g/mol. The van der Waals surface area contributed by atoms with Gasteiger partial charge in [0.2, 0.25) is 0 Å². The number of benzene rings is 3. The Bertz CT molecular complexity index is 1160. The largest absolute Gasteiger partial charge is 0.491 e. The molecule has 202 valence electrons. The Morgan fingerprint density at radius 3 is 2.47 bits per heavy atom. The summed E-state index contributed by atoms with van der Waals surface area (Å²) in [6, 6.07) is 25.3. The van der Waals surface area contributed by atoms with Crippen LogP contribution in [0.2, 0.25) is 10.0 Å². The second-order valence-corrected chi connectivity index (χ2v) is 11.0. The van der Waals surface area contributed by atoms with E-state index in [1.165, 1.54) is 11.1 Å². The number of ether oxygens (including phenoxy) is 3. The Balaban J connectivity index is 1.29. The van der Waals surface area contributed by atoms with Crippen molar-refractivity contribution in [2.24, 2.45) is 0 Å². The van der Waals surface area contributed by atoms with Gasteiger partial charge in [0, 0.05) is 43.4 Å². The van der Waals surface area contributed by atoms with Crippen LogP contribution in [0.4, 0.5) is 5.69 Å². The van der Waals surface area contributed by atoms with Crippen molar-refractivity contribution in [2.75, 3.05) is 37.8 Å². The van der Waals surface area contributed by atoms with Gasteiger partial charge in [-0.25, -0.2) is 0 Å². The highest BCUT2D eigenvalue weighted by atomic mass is 35.5. The van der Waals surface area contributed by atoms with Crippen LogP contribution in [0.25, 0.3) is 0 Å². The molecular formula is C31H36Cl2N2O3. The number of rotatable bonds is 9. The van der Waals surface area contributed by atoms with Gasteiger partial charge in [0.05, 0.1) is 23.4 Å². The van der Waals surface area contributed by atoms with E-state index in [0.717, 1.165) is 62.0 Å². The number of nitrogens with zero attached hydrogens (tertiary/aromatic N) is 2. The molecule has 7 heteroatoms. The summed E-state index contributed by atoms with van der Waals surface area (Å²) in [6.07, 6.45) is 3.11. The third-order valence-corrected chi connectivity index (χ3v) is 7.93. The molecule has 0 spiro atoms. The maximum absolute atomic E-state index is 6.88. The van der Waals surface area contributed by atoms with Crippen LogP contribution in [0.3, 0.4) is 0 Å². The molecule has 2 fully saturated rings. The Morgan fingerprint density at radius 2 is 1.74 bits per heavy atom. The third kappa shape index (κ3) is 7.02. The maximum atomic E-state index is 6.88. The molecule has 0 radical (unpaired) electrons. The summed E-state index contributed by atoms with van der Waals surface area (Å²) in [4.78, 5) is 4.97. The molecule has 0 aliphatic carbocycles. The Morgan fingerprint density at radius 1 is 0.921 bits per heavy atom. The molecule has 0 aromatic heterocycles. The van der Waals surface area contributed by atoms with E-state index in [4.69, 9.17) is 37.4 Å². The fraction of sp³-hybridized carbons (Fsp3) is 0.419. The van der Waals surface area contributed by atoms with Gasteiger partial charge in [0.25, 0.3) is 0 Å². The van der Waals surface area contributed by atoms with E-state index in [0.29, 0.717) is 24.3 Å². The SMILES string of the molecule is C[C@@H]1CN(c2ccc(OCCOC3CCCCO3)cc2Cl)C(c2ccc(Cl)cc2)CN1Cc1ccccc1. The van der Waals surface area contributed by atoms with Crippen LogP contribution in [0.15, 0.2) is 72.8 Å². The van der Waals surface area contributed by atoms with Gasteiger partial charge in [-0.05, 0) is 61.6 Å². The van der Waals surface area contributed by atoms with Gasteiger partial charge in [-0.15, -0.1) is 0 Å². The first-order valence-electron chi connectivity index (χ1n) is 13.5. The first-order chi connectivity index (χ1) is 18.6. The van der Waals surface area contributed by atoms with E-state index >= 15 is 0 Å². The van der Waals surface area contributed by atoms with Crippen LogP contribution >= 0.6 is 23.2 Å². The lowest BCUT2D eigenvalue weighted by Gasteiger charge is -2.47. The molecule has 3 aromatic rings. The lowest BCUT2D eigenvalue weighted by molar-refractivity contribution is -0.165. The van der Waals surface area contributed by atoms with Crippen LogP contribution < -0.4 is 9.64 Å². The van der Waals surface area contributed by atoms with Gasteiger partial charge in [0.1, 0.15) is 12.4 Å². The van der Waals surface area contributed by atoms with Crippen molar-refractivity contribution in [3.63, 3.8) is 0 Å². The zero-order valence-corrected chi connectivity index (χ0v) is 23.4. The second-order valence-electron chi connectivity index (χ2n) is 10.1. The number of hydrogen-bond acceptors (Lipinski definition) is 5. The predicted molar refractivity (Wildman–Crippen MR) is 154 cm³/mol. The molecule has 0 saturated carbocycles. The quantitative estimate of drug-likeness (QED) is 0.258. The van der Waals surface area contributed by atoms with Crippen molar-refractivity contribution in [3.8, 4) is 5.75 Å². The van der Waals surface area contributed by atoms with Crippen molar-refractivity contribution < 1.29 is 14.2 Å². The van der Waals surface area contributed by atoms with Gasteiger partial charge < -0.3 is 19.1 Å². The summed E-state index contributed by atoms with van der Waals surface area (Å²) in [6.45, 7) is 6.66. The van der Waals surface area contributed by atoms with Crippen LogP contribution in [-0.2, 0) is 16.0 Å². The maximum Gasteiger partial charge on any atom is 0.157 e. The van der Waals surface area contributed by atoms with E-state index in [1.54, 1.807) is 0 Å². The smallest absolute Gasteiger partial charge is 0.157 e. The molecule has 2 aliphatic rings. The molecule has 2 unspecified atom stereocenters. The minimum absolute atomic E-state index is 0.106. The Kier molecular flexibility index (Phi) is 9.47. The van der Waals surface area contributed by atoms with Gasteiger partial charge in [-0.2, -0.15) is 0 Å². The van der Waals surface area contributed by atoms with Gasteiger partial charge >= 0.3 is 0 Å². The van der Waals surface area contributed by atoms with Crippen LogP contribution in [0.5, 0.6) is 5.75 Å². The molecule has 2 heterocycles. The number of halogens is 2. The van der Waals surface area contributed by atoms with E-state index in [2.05, 4.69) is 65.3 Å². The molecule has 5 nitrogen and oxygen atoms in total. The van der Waals surface area contributed by atoms with Crippen molar-refractivity contribution >= 4 is 28.9 Å². The van der Waals surface area contributed by atoms with Crippen LogP contribution in [0.1, 0.15) is 43.4 Å². The summed E-state index contributed by atoms with van der Waals surface area (Å²) < 4.78 is 17.3. The monoisotopic (exact) mass is 554 g/mol. The van der Waals surface area contributed by atoms with Crippen molar-refractivity contribution in [1.29, 1.82) is 0 Å². The van der Waals surface area contributed by atoms with Crippen LogP contribution in [-0.4, -0.2) is 50.1 Å². The van der Waals surface area contributed by atoms with Gasteiger partial charge in [0.15, 0.2) is 6.29 Å². The highest BCUT2D eigenvalue weighted by molar-refractivity contribution is 6.33. The molecule has 38 heavy (non-hydrogen) atoms. The highest BCUT2D eigenvalue weighted by Gasteiger charge is 2.33. The second kappa shape index (κ2) is 13.2. The Labute approximate surface area is 236 Å². The van der Waals surface area contributed by atoms with Crippen molar-refractivity contribution in [2.45, 2.75) is 51.1 Å². The van der Waals surface area contributed by atoms with E-state index < -0.39 is 0 Å². The first-order valence-corrected chi connectivity index (χ1v) is 14.3. The summed E-state index contributed by atoms with van der Waals surface area (Å²) >= 11 is 13.1. The normalized spacial score (nSPS) is 22.4. The standard InChI is InChI=1S/C31H36Cl2N2O3/c1-23-20-35(29-15-14-27(19-28(29)33)36-17-18-38-31-9-5-6-16-37-31)30(25-10-12-26(32)13-11-25)22-34(23)21-24-7-3-2-4-8-24/h2-4,7-8,10-15,19,23,30-31H,5-6,9,16-18,20-22H2,1H3/t23-,30?,31?/m1/s1. The topological polar surface area (TPSA) is 34.2 Å². The highest BCUT2D eigenvalue weighted by Crippen LogP contribution is 2.39. The predicted octanol–water partition coefficient (Wildman–Crippen LogP) is 7.37. The fourth-order valence-corrected chi connectivity index (χ4v) is 5.70. The average Bonchev–Trinajstić information content (AvgIpc) is 2.94. The lowest BCUT2D eigenvalue weighted by atomic mass is 9.98. The summed E-state index contributed by atoms with van der Waals surface area (Å²) in [5.74, 6) is 0.741. The van der Waals surface area contributed by atoms with Crippen molar-refractivity contribution in [1.82, 2.24) is 4.90 Å². The van der Waals surface area contributed by atoms with E-state index in [1.807, 2.05) is 24.3 Å². The minimum atomic E-state index is -0.106. The fourth-order valence-electron chi connectivity index (χ4n) is 5.29. The molecule has 0 bridgehead atoms. The summed E-state index contributed by atoms with van der Waals surface area (Å²) in [7, 11) is 0. The summed E-state index contributed by atoms with van der Waals surface area (Å²) in [5, 5.41) is 1.42. The molecular weight excluding hydrogens is 519 g/mol. The molecule has 2 saturated heterocycles. The van der Waals surface area contributed by atoms with Gasteiger partial charge in [-0.1, -0.05) is 65.7 Å². The number of anilines is 1. The molecule has 5 rings (SSSR count). The zero-order chi connectivity index (χ0) is 26.3. The minimum Gasteiger partial charge on any atom is -0.491 e. The number of hydrogen-bond donors (Lipinski definition) is 0. The molecule has 3 aromatic carbocycles. The summed E-state index contributed by atoms with van der Waals surface area (Å²) in [5.41, 5.74) is 3.55. The Hall–Kier alpha value is -2.28. The molecule has 2 aliphatic heterocycles. The lowest BCUT2D eigenvalue weighted by Crippen LogP contribution is -2.53. The van der Waals surface area contributed by atoms with Crippen LogP contribution in [0, 0.1) is 0 Å². The van der Waals surface area contributed by atoms with E-state index in [9.17, 15) is 0 Å². The number of piperazine rings is 1. The van der Waals surface area contributed by atoms with Crippen molar-refractivity contribution in [3.05, 3.63) is 94.0 Å². The molecule has 0 amide bonds. The molecule has 0 N–H and O–H groups in total. The third-order valence-electron chi connectivity index (χ3n) is 7.37.